The van der Waals surface area contributed by atoms with Crippen molar-refractivity contribution in [2.24, 2.45) is 5.41 Å². The zero-order valence-corrected chi connectivity index (χ0v) is 12.0. The summed E-state index contributed by atoms with van der Waals surface area (Å²) in [5.41, 5.74) is 1.76. The molecular weight excluding hydrogens is 256 g/mol. The molecule has 0 radical (unpaired) electrons. The summed E-state index contributed by atoms with van der Waals surface area (Å²) in [4.78, 5) is 15.3. The lowest BCUT2D eigenvalue weighted by Gasteiger charge is -2.32. The van der Waals surface area contributed by atoms with E-state index in [0.29, 0.717) is 11.9 Å². The standard InChI is InChI=1S/C15H20N2O3/c1-15(2,3)13(6-7-18)17-9-16-11-8-10(14(19)20)4-5-12(11)17/h4-5,8-9,13,18H,6-7H2,1-3H3,(H,19,20). The zero-order valence-electron chi connectivity index (χ0n) is 12.0. The Morgan fingerprint density at radius 1 is 1.40 bits per heavy atom. The molecule has 0 saturated heterocycles. The van der Waals surface area contributed by atoms with E-state index in [1.54, 1.807) is 24.5 Å². The van der Waals surface area contributed by atoms with Crippen LogP contribution in [0.4, 0.5) is 0 Å². The van der Waals surface area contributed by atoms with Crippen LogP contribution in [0.1, 0.15) is 43.6 Å². The summed E-state index contributed by atoms with van der Waals surface area (Å²) in [7, 11) is 0. The Bertz CT molecular complexity index is 626. The molecule has 1 aromatic carbocycles. The number of benzene rings is 1. The van der Waals surface area contributed by atoms with Gasteiger partial charge in [-0.05, 0) is 30.0 Å². The van der Waals surface area contributed by atoms with Gasteiger partial charge < -0.3 is 14.8 Å². The van der Waals surface area contributed by atoms with E-state index in [1.165, 1.54) is 0 Å². The van der Waals surface area contributed by atoms with Gasteiger partial charge in [0.1, 0.15) is 0 Å². The maximum atomic E-state index is 11.0. The lowest BCUT2D eigenvalue weighted by atomic mass is 9.84. The Kier molecular flexibility index (Phi) is 3.81. The predicted octanol–water partition coefficient (Wildman–Crippen LogP) is 2.70. The van der Waals surface area contributed by atoms with Gasteiger partial charge in [0.25, 0.3) is 0 Å². The maximum Gasteiger partial charge on any atom is 0.335 e. The lowest BCUT2D eigenvalue weighted by Crippen LogP contribution is -2.25. The van der Waals surface area contributed by atoms with Gasteiger partial charge in [-0.25, -0.2) is 9.78 Å². The number of fused-ring (bicyclic) bond motifs is 1. The van der Waals surface area contributed by atoms with Gasteiger partial charge in [-0.3, -0.25) is 0 Å². The highest BCUT2D eigenvalue weighted by Gasteiger charge is 2.27. The number of rotatable bonds is 4. The van der Waals surface area contributed by atoms with Crippen LogP contribution in [0.3, 0.4) is 0 Å². The highest BCUT2D eigenvalue weighted by Crippen LogP contribution is 2.35. The van der Waals surface area contributed by atoms with Crippen molar-refractivity contribution in [2.75, 3.05) is 6.61 Å². The monoisotopic (exact) mass is 276 g/mol. The summed E-state index contributed by atoms with van der Waals surface area (Å²) in [6, 6.07) is 5.05. The minimum atomic E-state index is -0.954. The summed E-state index contributed by atoms with van der Waals surface area (Å²) in [5.74, 6) is -0.954. The first-order valence-electron chi connectivity index (χ1n) is 6.65. The molecule has 1 unspecified atom stereocenters. The Balaban J connectivity index is 2.51. The molecule has 0 amide bonds. The van der Waals surface area contributed by atoms with Crippen molar-refractivity contribution in [3.8, 4) is 0 Å². The van der Waals surface area contributed by atoms with Crippen molar-refractivity contribution in [3.05, 3.63) is 30.1 Å². The minimum Gasteiger partial charge on any atom is -0.478 e. The number of imidazole rings is 1. The smallest absolute Gasteiger partial charge is 0.335 e. The molecular formula is C15H20N2O3. The molecule has 0 bridgehead atoms. The first-order valence-corrected chi connectivity index (χ1v) is 6.65. The van der Waals surface area contributed by atoms with Crippen LogP contribution in [-0.4, -0.2) is 32.3 Å². The highest BCUT2D eigenvalue weighted by atomic mass is 16.4. The third-order valence-electron chi connectivity index (χ3n) is 3.56. The second-order valence-electron chi connectivity index (χ2n) is 6.05. The quantitative estimate of drug-likeness (QED) is 0.900. The normalized spacial score (nSPS) is 13.6. The van der Waals surface area contributed by atoms with E-state index in [2.05, 4.69) is 25.8 Å². The van der Waals surface area contributed by atoms with Crippen LogP contribution < -0.4 is 0 Å². The van der Waals surface area contributed by atoms with Crippen molar-refractivity contribution >= 4 is 17.0 Å². The summed E-state index contributed by atoms with van der Waals surface area (Å²) < 4.78 is 2.02. The average molecular weight is 276 g/mol. The number of aliphatic hydroxyl groups excluding tert-OH is 1. The van der Waals surface area contributed by atoms with Gasteiger partial charge in [0.05, 0.1) is 22.9 Å². The van der Waals surface area contributed by atoms with E-state index in [0.717, 1.165) is 5.52 Å². The molecule has 2 aromatic rings. The molecule has 0 aliphatic heterocycles. The molecule has 1 heterocycles. The predicted molar refractivity (Wildman–Crippen MR) is 76.9 cm³/mol. The summed E-state index contributed by atoms with van der Waals surface area (Å²) in [6.07, 6.45) is 2.36. The van der Waals surface area contributed by atoms with Crippen LogP contribution >= 0.6 is 0 Å². The van der Waals surface area contributed by atoms with E-state index in [9.17, 15) is 9.90 Å². The number of carboxylic acids is 1. The van der Waals surface area contributed by atoms with Crippen LogP contribution in [0.2, 0.25) is 0 Å². The molecule has 0 fully saturated rings. The van der Waals surface area contributed by atoms with Crippen LogP contribution in [0, 0.1) is 5.41 Å². The number of hydrogen-bond donors (Lipinski definition) is 2. The zero-order chi connectivity index (χ0) is 14.9. The van der Waals surface area contributed by atoms with E-state index < -0.39 is 5.97 Å². The van der Waals surface area contributed by atoms with Crippen molar-refractivity contribution in [1.82, 2.24) is 9.55 Å². The van der Waals surface area contributed by atoms with Gasteiger partial charge in [0.2, 0.25) is 0 Å². The molecule has 0 saturated carbocycles. The summed E-state index contributed by atoms with van der Waals surface area (Å²) >= 11 is 0. The first kappa shape index (κ1) is 14.5. The second-order valence-corrected chi connectivity index (χ2v) is 6.05. The fourth-order valence-electron chi connectivity index (χ4n) is 2.52. The number of carbonyl (C=O) groups is 1. The number of nitrogens with zero attached hydrogens (tertiary/aromatic N) is 2. The summed E-state index contributed by atoms with van der Waals surface area (Å²) in [5, 5.41) is 18.3. The number of carboxylic acid groups (broad SMARTS) is 1. The van der Waals surface area contributed by atoms with Gasteiger partial charge in [0.15, 0.2) is 0 Å². The number of aromatic nitrogens is 2. The number of aromatic carboxylic acids is 1. The topological polar surface area (TPSA) is 75.3 Å². The Hall–Kier alpha value is -1.88. The van der Waals surface area contributed by atoms with Crippen LogP contribution in [0.15, 0.2) is 24.5 Å². The molecule has 0 spiro atoms. The molecule has 1 aromatic heterocycles. The van der Waals surface area contributed by atoms with Crippen molar-refractivity contribution in [3.63, 3.8) is 0 Å². The fourth-order valence-corrected chi connectivity index (χ4v) is 2.52. The Labute approximate surface area is 117 Å². The van der Waals surface area contributed by atoms with Crippen LogP contribution in [-0.2, 0) is 0 Å². The van der Waals surface area contributed by atoms with Gasteiger partial charge in [0, 0.05) is 12.6 Å². The van der Waals surface area contributed by atoms with E-state index in [4.69, 9.17) is 5.11 Å². The number of hydrogen-bond acceptors (Lipinski definition) is 3. The maximum absolute atomic E-state index is 11.0. The molecule has 0 aliphatic rings. The molecule has 20 heavy (non-hydrogen) atoms. The van der Waals surface area contributed by atoms with Crippen molar-refractivity contribution < 1.29 is 15.0 Å². The SMILES string of the molecule is CC(C)(C)C(CCO)n1cnc2cc(C(=O)O)ccc21. The molecule has 0 aliphatic carbocycles. The molecule has 5 heteroatoms. The van der Waals surface area contributed by atoms with Crippen molar-refractivity contribution in [2.45, 2.75) is 33.2 Å². The lowest BCUT2D eigenvalue weighted by molar-refractivity contribution is 0.0697. The van der Waals surface area contributed by atoms with E-state index in [1.807, 2.05) is 4.57 Å². The van der Waals surface area contributed by atoms with E-state index >= 15 is 0 Å². The molecule has 5 nitrogen and oxygen atoms in total. The van der Waals surface area contributed by atoms with Crippen molar-refractivity contribution in [1.29, 1.82) is 0 Å². The molecule has 1 atom stereocenters. The summed E-state index contributed by atoms with van der Waals surface area (Å²) in [6.45, 7) is 6.45. The molecule has 2 N–H and O–H groups in total. The highest BCUT2D eigenvalue weighted by molar-refractivity contribution is 5.92. The van der Waals surface area contributed by atoms with Gasteiger partial charge in [-0.15, -0.1) is 0 Å². The Morgan fingerprint density at radius 3 is 2.65 bits per heavy atom. The Morgan fingerprint density at radius 2 is 2.10 bits per heavy atom. The van der Waals surface area contributed by atoms with Crippen LogP contribution in [0.5, 0.6) is 0 Å². The van der Waals surface area contributed by atoms with Gasteiger partial charge in [-0.2, -0.15) is 0 Å². The molecule has 2 rings (SSSR count). The van der Waals surface area contributed by atoms with Crippen LogP contribution in [0.25, 0.3) is 11.0 Å². The van der Waals surface area contributed by atoms with Gasteiger partial charge >= 0.3 is 5.97 Å². The third-order valence-corrected chi connectivity index (χ3v) is 3.56. The largest absolute Gasteiger partial charge is 0.478 e. The van der Waals surface area contributed by atoms with Gasteiger partial charge in [-0.1, -0.05) is 20.8 Å². The third kappa shape index (κ3) is 2.67. The first-order chi connectivity index (χ1) is 9.34. The minimum absolute atomic E-state index is 0.0260. The average Bonchev–Trinajstić information content (AvgIpc) is 2.77. The van der Waals surface area contributed by atoms with E-state index in [-0.39, 0.29) is 23.6 Å². The molecule has 108 valence electrons. The second kappa shape index (κ2) is 5.25. The fraction of sp³-hybridized carbons (Fsp3) is 0.467. The number of aliphatic hydroxyl groups is 1.